The fourth-order valence-electron chi connectivity index (χ4n) is 3.21. The van der Waals surface area contributed by atoms with Gasteiger partial charge in [0.15, 0.2) is 11.5 Å². The van der Waals surface area contributed by atoms with Crippen LogP contribution in [0.25, 0.3) is 10.2 Å². The molecule has 0 saturated heterocycles. The highest BCUT2D eigenvalue weighted by atomic mass is 32.1. The Morgan fingerprint density at radius 2 is 1.64 bits per heavy atom. The van der Waals surface area contributed by atoms with E-state index >= 15 is 0 Å². The second-order valence-electron chi connectivity index (χ2n) is 6.88. The Hall–Kier alpha value is -4.34. The van der Waals surface area contributed by atoms with Crippen LogP contribution >= 0.6 is 11.3 Å². The SMILES string of the molecule is CCc1csc2c(Oc3c(OC)cc(C#N)cc3OC)nc(Nc3ccc(C#N)cc3)nc12. The fourth-order valence-corrected chi connectivity index (χ4v) is 4.23. The second kappa shape index (κ2) is 9.43. The Kier molecular flexibility index (Phi) is 6.25. The van der Waals surface area contributed by atoms with Gasteiger partial charge in [-0.3, -0.25) is 0 Å². The van der Waals surface area contributed by atoms with Crippen LogP contribution in [0.1, 0.15) is 23.6 Å². The van der Waals surface area contributed by atoms with Crippen LogP contribution in [0, 0.1) is 22.7 Å². The summed E-state index contributed by atoms with van der Waals surface area (Å²) in [6, 6.07) is 14.3. The third kappa shape index (κ3) is 4.36. The number of hydrogen-bond donors (Lipinski definition) is 1. The fraction of sp³-hybridized carbons (Fsp3) is 0.167. The van der Waals surface area contributed by atoms with Gasteiger partial charge >= 0.3 is 0 Å². The van der Waals surface area contributed by atoms with E-state index in [2.05, 4.69) is 29.4 Å². The molecule has 0 atom stereocenters. The van der Waals surface area contributed by atoms with Crippen molar-refractivity contribution in [1.29, 1.82) is 10.5 Å². The van der Waals surface area contributed by atoms with E-state index in [1.807, 2.05) is 5.38 Å². The molecule has 0 aliphatic carbocycles. The summed E-state index contributed by atoms with van der Waals surface area (Å²) in [5, 5.41) is 23.5. The Labute approximate surface area is 194 Å². The normalized spacial score (nSPS) is 10.3. The predicted molar refractivity (Wildman–Crippen MR) is 126 cm³/mol. The molecule has 164 valence electrons. The van der Waals surface area contributed by atoms with Crippen molar-refractivity contribution < 1.29 is 14.2 Å². The number of nitrogens with zero attached hydrogens (tertiary/aromatic N) is 4. The summed E-state index contributed by atoms with van der Waals surface area (Å²) in [5.41, 5.74) is 3.55. The van der Waals surface area contributed by atoms with Crippen molar-refractivity contribution >= 4 is 33.2 Å². The van der Waals surface area contributed by atoms with E-state index in [-0.39, 0.29) is 0 Å². The van der Waals surface area contributed by atoms with E-state index in [4.69, 9.17) is 24.5 Å². The summed E-state index contributed by atoms with van der Waals surface area (Å²) < 4.78 is 17.9. The number of nitriles is 2. The van der Waals surface area contributed by atoms with Crippen molar-refractivity contribution in [2.24, 2.45) is 0 Å². The molecule has 0 spiro atoms. The highest BCUT2D eigenvalue weighted by Crippen LogP contribution is 2.43. The molecule has 2 heterocycles. The molecule has 2 aromatic heterocycles. The minimum absolute atomic E-state index is 0.315. The van der Waals surface area contributed by atoms with Crippen molar-refractivity contribution in [3.05, 3.63) is 58.5 Å². The zero-order valence-electron chi connectivity index (χ0n) is 18.2. The van der Waals surface area contributed by atoms with Gasteiger partial charge in [0.2, 0.25) is 17.6 Å². The van der Waals surface area contributed by atoms with Crippen LogP contribution in [0.2, 0.25) is 0 Å². The van der Waals surface area contributed by atoms with E-state index < -0.39 is 0 Å². The number of ether oxygens (including phenoxy) is 3. The van der Waals surface area contributed by atoms with Crippen molar-refractivity contribution in [3.8, 4) is 35.3 Å². The van der Waals surface area contributed by atoms with Crippen LogP contribution < -0.4 is 19.5 Å². The van der Waals surface area contributed by atoms with Gasteiger partial charge in [-0.15, -0.1) is 11.3 Å². The number of anilines is 2. The lowest BCUT2D eigenvalue weighted by Gasteiger charge is -2.15. The highest BCUT2D eigenvalue weighted by molar-refractivity contribution is 7.17. The summed E-state index contributed by atoms with van der Waals surface area (Å²) >= 11 is 1.49. The topological polar surface area (TPSA) is 113 Å². The summed E-state index contributed by atoms with van der Waals surface area (Å²) in [4.78, 5) is 9.30. The Morgan fingerprint density at radius 1 is 0.970 bits per heavy atom. The lowest BCUT2D eigenvalue weighted by atomic mass is 10.2. The summed E-state index contributed by atoms with van der Waals surface area (Å²) in [5.74, 6) is 1.71. The van der Waals surface area contributed by atoms with E-state index in [1.165, 1.54) is 25.6 Å². The van der Waals surface area contributed by atoms with Crippen LogP contribution in [-0.2, 0) is 6.42 Å². The van der Waals surface area contributed by atoms with Crippen molar-refractivity contribution in [2.75, 3.05) is 19.5 Å². The third-order valence-corrected chi connectivity index (χ3v) is 5.90. The van der Waals surface area contributed by atoms with Gasteiger partial charge in [-0.25, -0.2) is 4.98 Å². The first-order chi connectivity index (χ1) is 16.1. The molecular formula is C24H19N5O3S. The standard InChI is InChI=1S/C24H19N5O3S/c1-4-16-13-33-22-20(16)28-24(27-17-7-5-14(11-25)6-8-17)29-23(22)32-21-18(30-2)9-15(12-26)10-19(21)31-3/h5-10,13H,4H2,1-3H3,(H,27,28,29). The molecule has 33 heavy (non-hydrogen) atoms. The van der Waals surface area contributed by atoms with E-state index in [0.29, 0.717) is 40.2 Å². The molecule has 0 fully saturated rings. The van der Waals surface area contributed by atoms with Crippen LogP contribution in [0.15, 0.2) is 41.8 Å². The quantitative estimate of drug-likeness (QED) is 0.384. The van der Waals surface area contributed by atoms with Crippen LogP contribution in [0.5, 0.6) is 23.1 Å². The number of rotatable bonds is 7. The zero-order valence-corrected chi connectivity index (χ0v) is 19.0. The zero-order chi connectivity index (χ0) is 23.4. The lowest BCUT2D eigenvalue weighted by molar-refractivity contribution is 0.343. The van der Waals surface area contributed by atoms with Crippen LogP contribution in [-0.4, -0.2) is 24.2 Å². The number of fused-ring (bicyclic) bond motifs is 1. The summed E-state index contributed by atoms with van der Waals surface area (Å²) in [6.45, 7) is 2.06. The third-order valence-electron chi connectivity index (χ3n) is 4.90. The van der Waals surface area contributed by atoms with Crippen LogP contribution in [0.4, 0.5) is 11.6 Å². The Morgan fingerprint density at radius 3 is 2.21 bits per heavy atom. The number of methoxy groups -OCH3 is 2. The molecular weight excluding hydrogens is 438 g/mol. The van der Waals surface area contributed by atoms with Gasteiger partial charge in [-0.05, 0) is 41.6 Å². The number of aromatic nitrogens is 2. The molecule has 4 rings (SSSR count). The van der Waals surface area contributed by atoms with E-state index in [0.717, 1.165) is 27.9 Å². The number of benzene rings is 2. The second-order valence-corrected chi connectivity index (χ2v) is 7.76. The number of thiophene rings is 1. The number of hydrogen-bond acceptors (Lipinski definition) is 9. The maximum Gasteiger partial charge on any atom is 0.242 e. The summed E-state index contributed by atoms with van der Waals surface area (Å²) in [6.07, 6.45) is 0.802. The largest absolute Gasteiger partial charge is 0.493 e. The van der Waals surface area contributed by atoms with Crippen molar-refractivity contribution in [2.45, 2.75) is 13.3 Å². The Balaban J connectivity index is 1.81. The maximum atomic E-state index is 9.29. The highest BCUT2D eigenvalue weighted by Gasteiger charge is 2.20. The Bertz CT molecular complexity index is 1380. The average Bonchev–Trinajstić information content (AvgIpc) is 3.27. The molecule has 9 heteroatoms. The number of aryl methyl sites for hydroxylation is 1. The van der Waals surface area contributed by atoms with E-state index in [1.54, 1.807) is 36.4 Å². The minimum atomic E-state index is 0.315. The first kappa shape index (κ1) is 21.9. The molecule has 4 aromatic rings. The van der Waals surface area contributed by atoms with Gasteiger partial charge in [0, 0.05) is 17.8 Å². The summed E-state index contributed by atoms with van der Waals surface area (Å²) in [7, 11) is 2.99. The molecule has 0 saturated carbocycles. The molecule has 0 amide bonds. The molecule has 0 bridgehead atoms. The smallest absolute Gasteiger partial charge is 0.242 e. The molecule has 8 nitrogen and oxygen atoms in total. The predicted octanol–water partition coefficient (Wildman–Crippen LogP) is 5.55. The molecule has 2 aromatic carbocycles. The van der Waals surface area contributed by atoms with Crippen LogP contribution in [0.3, 0.4) is 0 Å². The van der Waals surface area contributed by atoms with Gasteiger partial charge in [-0.1, -0.05) is 6.92 Å². The van der Waals surface area contributed by atoms with Gasteiger partial charge < -0.3 is 19.5 Å². The first-order valence-corrected chi connectivity index (χ1v) is 10.9. The van der Waals surface area contributed by atoms with Gasteiger partial charge in [0.1, 0.15) is 4.70 Å². The molecule has 0 radical (unpaired) electrons. The maximum absolute atomic E-state index is 9.29. The first-order valence-electron chi connectivity index (χ1n) is 9.99. The van der Waals surface area contributed by atoms with Gasteiger partial charge in [-0.2, -0.15) is 15.5 Å². The number of nitrogens with one attached hydrogen (secondary N) is 1. The van der Waals surface area contributed by atoms with Crippen molar-refractivity contribution in [3.63, 3.8) is 0 Å². The van der Waals surface area contributed by atoms with E-state index in [9.17, 15) is 5.26 Å². The average molecular weight is 458 g/mol. The molecule has 0 aliphatic rings. The monoisotopic (exact) mass is 457 g/mol. The lowest BCUT2D eigenvalue weighted by Crippen LogP contribution is -2.01. The molecule has 0 unspecified atom stereocenters. The molecule has 1 N–H and O–H groups in total. The molecule has 0 aliphatic heterocycles. The van der Waals surface area contributed by atoms with Gasteiger partial charge in [0.25, 0.3) is 0 Å². The minimum Gasteiger partial charge on any atom is -0.493 e. The van der Waals surface area contributed by atoms with Gasteiger partial charge in [0.05, 0.1) is 43.0 Å². The van der Waals surface area contributed by atoms with Crippen molar-refractivity contribution in [1.82, 2.24) is 9.97 Å².